The summed E-state index contributed by atoms with van der Waals surface area (Å²) in [6.45, 7) is 0. The van der Waals surface area contributed by atoms with Gasteiger partial charge in [-0.2, -0.15) is 0 Å². The largest absolute Gasteiger partial charge is 0.494 e. The van der Waals surface area contributed by atoms with Gasteiger partial charge in [-0.15, -0.1) is 10.2 Å². The molecule has 112 valence electrons. The minimum Gasteiger partial charge on any atom is -0.494 e. The topological polar surface area (TPSA) is 61.0 Å². The summed E-state index contributed by atoms with van der Waals surface area (Å²) in [6.07, 6.45) is 0. The highest BCUT2D eigenvalue weighted by molar-refractivity contribution is 5.86. The van der Waals surface area contributed by atoms with Crippen molar-refractivity contribution in [2.45, 2.75) is 0 Å². The Kier molecular flexibility index (Phi) is 3.24. The Morgan fingerprint density at radius 1 is 0.826 bits per heavy atom. The number of nitrogens with zero attached hydrogens (tertiary/aromatic N) is 3. The molecule has 0 amide bonds. The Labute approximate surface area is 132 Å². The quantitative estimate of drug-likeness (QED) is 0.573. The number of fused-ring (bicyclic) bond motifs is 1. The molecule has 5 nitrogen and oxygen atoms in total. The van der Waals surface area contributed by atoms with Crippen LogP contribution in [0.25, 0.3) is 33.9 Å². The second kappa shape index (κ2) is 5.53. The number of pyridine rings is 1. The minimum absolute atomic E-state index is 0.386. The van der Waals surface area contributed by atoms with Gasteiger partial charge in [0.25, 0.3) is 5.89 Å². The van der Waals surface area contributed by atoms with E-state index >= 15 is 0 Å². The van der Waals surface area contributed by atoms with Crippen molar-refractivity contribution >= 4 is 10.9 Å². The molecule has 5 heteroatoms. The monoisotopic (exact) mass is 303 g/mol. The van der Waals surface area contributed by atoms with E-state index in [0.29, 0.717) is 23.2 Å². The normalized spacial score (nSPS) is 10.8. The highest BCUT2D eigenvalue weighted by Gasteiger charge is 2.13. The lowest BCUT2D eigenvalue weighted by Crippen LogP contribution is -1.90. The van der Waals surface area contributed by atoms with Crippen molar-refractivity contribution < 1.29 is 9.15 Å². The molecule has 0 aliphatic heterocycles. The smallest absolute Gasteiger partial charge is 0.266 e. The predicted molar refractivity (Wildman–Crippen MR) is 87.0 cm³/mol. The van der Waals surface area contributed by atoms with Crippen LogP contribution in [-0.4, -0.2) is 22.3 Å². The first-order valence-corrected chi connectivity index (χ1v) is 7.18. The predicted octanol–water partition coefficient (Wildman–Crippen LogP) is 3.96. The summed E-state index contributed by atoms with van der Waals surface area (Å²) in [5.41, 5.74) is 2.27. The first-order chi connectivity index (χ1) is 11.3. The van der Waals surface area contributed by atoms with Crippen LogP contribution in [0.5, 0.6) is 5.75 Å². The molecule has 4 aromatic rings. The van der Waals surface area contributed by atoms with E-state index in [1.54, 1.807) is 7.11 Å². The standard InChI is InChI=1S/C18H13N3O2/c1-22-15-9-5-8-12-10-11-14(19-16(12)15)18-21-20-17(23-18)13-6-3-2-4-7-13/h2-11H,1H3. The highest BCUT2D eigenvalue weighted by atomic mass is 16.5. The van der Waals surface area contributed by atoms with Gasteiger partial charge in [-0.3, -0.25) is 0 Å². The molecular formula is C18H13N3O2. The Balaban J connectivity index is 1.79. The molecule has 0 aliphatic rings. The summed E-state index contributed by atoms with van der Waals surface area (Å²) >= 11 is 0. The third-order valence-corrected chi connectivity index (χ3v) is 3.57. The third-order valence-electron chi connectivity index (χ3n) is 3.57. The average Bonchev–Trinajstić information content (AvgIpc) is 3.11. The van der Waals surface area contributed by atoms with Gasteiger partial charge in [-0.25, -0.2) is 4.98 Å². The van der Waals surface area contributed by atoms with Crippen LogP contribution in [0.1, 0.15) is 0 Å². The van der Waals surface area contributed by atoms with Crippen molar-refractivity contribution in [3.8, 4) is 28.8 Å². The number of methoxy groups -OCH3 is 1. The van der Waals surface area contributed by atoms with Crippen molar-refractivity contribution in [3.05, 3.63) is 60.7 Å². The van der Waals surface area contributed by atoms with Crippen molar-refractivity contribution in [1.29, 1.82) is 0 Å². The summed E-state index contributed by atoms with van der Waals surface area (Å²) in [5, 5.41) is 9.20. The van der Waals surface area contributed by atoms with Crippen molar-refractivity contribution in [1.82, 2.24) is 15.2 Å². The van der Waals surface area contributed by atoms with E-state index in [1.807, 2.05) is 60.7 Å². The van der Waals surface area contributed by atoms with Crippen LogP contribution < -0.4 is 4.74 Å². The number of ether oxygens (including phenoxy) is 1. The molecule has 0 unspecified atom stereocenters. The maximum atomic E-state index is 5.75. The van der Waals surface area contributed by atoms with Crippen LogP contribution >= 0.6 is 0 Å². The summed E-state index contributed by atoms with van der Waals surface area (Å²) in [7, 11) is 1.63. The van der Waals surface area contributed by atoms with Gasteiger partial charge in [0.1, 0.15) is 17.0 Å². The molecule has 2 heterocycles. The van der Waals surface area contributed by atoms with Crippen LogP contribution in [-0.2, 0) is 0 Å². The molecule has 0 spiro atoms. The zero-order chi connectivity index (χ0) is 15.6. The summed E-state index contributed by atoms with van der Waals surface area (Å²) < 4.78 is 11.1. The molecular weight excluding hydrogens is 290 g/mol. The summed E-state index contributed by atoms with van der Waals surface area (Å²) in [4.78, 5) is 4.60. The third kappa shape index (κ3) is 2.42. The molecule has 0 N–H and O–H groups in total. The number of benzene rings is 2. The van der Waals surface area contributed by atoms with E-state index in [2.05, 4.69) is 15.2 Å². The lowest BCUT2D eigenvalue weighted by atomic mass is 10.2. The lowest BCUT2D eigenvalue weighted by Gasteiger charge is -2.04. The number of hydrogen-bond acceptors (Lipinski definition) is 5. The number of hydrogen-bond donors (Lipinski definition) is 0. The van der Waals surface area contributed by atoms with E-state index in [1.165, 1.54) is 0 Å². The van der Waals surface area contributed by atoms with Gasteiger partial charge >= 0.3 is 0 Å². The molecule has 4 rings (SSSR count). The van der Waals surface area contributed by atoms with Crippen LogP contribution in [0, 0.1) is 0 Å². The zero-order valence-electron chi connectivity index (χ0n) is 12.4. The molecule has 0 atom stereocenters. The summed E-state index contributed by atoms with van der Waals surface area (Å²) in [6, 6.07) is 19.3. The molecule has 2 aromatic heterocycles. The first kappa shape index (κ1) is 13.5. The Morgan fingerprint density at radius 2 is 1.65 bits per heavy atom. The molecule has 0 aliphatic carbocycles. The van der Waals surface area contributed by atoms with E-state index < -0.39 is 0 Å². The molecule has 0 fully saturated rings. The fourth-order valence-electron chi connectivity index (χ4n) is 2.43. The molecule has 0 radical (unpaired) electrons. The maximum absolute atomic E-state index is 5.75. The van der Waals surface area contributed by atoms with Gasteiger partial charge in [0, 0.05) is 10.9 Å². The van der Waals surface area contributed by atoms with Crippen LogP contribution in [0.2, 0.25) is 0 Å². The van der Waals surface area contributed by atoms with Crippen LogP contribution in [0.3, 0.4) is 0 Å². The zero-order valence-corrected chi connectivity index (χ0v) is 12.4. The van der Waals surface area contributed by atoms with Crippen molar-refractivity contribution in [2.75, 3.05) is 7.11 Å². The number of para-hydroxylation sites is 1. The van der Waals surface area contributed by atoms with E-state index in [0.717, 1.165) is 16.5 Å². The Hall–Kier alpha value is -3.21. The second-order valence-corrected chi connectivity index (χ2v) is 5.01. The van der Waals surface area contributed by atoms with Gasteiger partial charge < -0.3 is 9.15 Å². The number of rotatable bonds is 3. The SMILES string of the molecule is COc1cccc2ccc(-c3nnc(-c4ccccc4)o3)nc12. The van der Waals surface area contributed by atoms with E-state index in [-0.39, 0.29) is 0 Å². The van der Waals surface area contributed by atoms with Gasteiger partial charge in [-0.1, -0.05) is 36.4 Å². The number of aromatic nitrogens is 3. The Morgan fingerprint density at radius 3 is 2.48 bits per heavy atom. The van der Waals surface area contributed by atoms with Gasteiger partial charge in [0.2, 0.25) is 5.89 Å². The first-order valence-electron chi connectivity index (χ1n) is 7.18. The summed E-state index contributed by atoms with van der Waals surface area (Å²) in [5.74, 6) is 1.58. The molecule has 0 bridgehead atoms. The molecule has 2 aromatic carbocycles. The van der Waals surface area contributed by atoms with Crippen LogP contribution in [0.15, 0.2) is 65.1 Å². The molecule has 0 saturated heterocycles. The van der Waals surface area contributed by atoms with Crippen molar-refractivity contribution in [2.24, 2.45) is 0 Å². The maximum Gasteiger partial charge on any atom is 0.266 e. The second-order valence-electron chi connectivity index (χ2n) is 5.01. The van der Waals surface area contributed by atoms with E-state index in [4.69, 9.17) is 9.15 Å². The minimum atomic E-state index is 0.386. The average molecular weight is 303 g/mol. The van der Waals surface area contributed by atoms with Crippen LogP contribution in [0.4, 0.5) is 0 Å². The lowest BCUT2D eigenvalue weighted by molar-refractivity contribution is 0.419. The van der Waals surface area contributed by atoms with Crippen molar-refractivity contribution in [3.63, 3.8) is 0 Å². The fraction of sp³-hybridized carbons (Fsp3) is 0.0556. The van der Waals surface area contributed by atoms with E-state index in [9.17, 15) is 0 Å². The highest BCUT2D eigenvalue weighted by Crippen LogP contribution is 2.28. The fourth-order valence-corrected chi connectivity index (χ4v) is 2.43. The Bertz CT molecular complexity index is 964. The van der Waals surface area contributed by atoms with Gasteiger partial charge in [0.15, 0.2) is 0 Å². The molecule has 0 saturated carbocycles. The van der Waals surface area contributed by atoms with Gasteiger partial charge in [-0.05, 0) is 24.3 Å². The molecule has 23 heavy (non-hydrogen) atoms. The van der Waals surface area contributed by atoms with Gasteiger partial charge in [0.05, 0.1) is 7.11 Å².